The van der Waals surface area contributed by atoms with Crippen LogP contribution in [0.4, 0.5) is 4.79 Å². The quantitative estimate of drug-likeness (QED) is 0.690. The summed E-state index contributed by atoms with van der Waals surface area (Å²) in [7, 11) is 0. The maximum Gasteiger partial charge on any atom is 0.329 e. The van der Waals surface area contributed by atoms with Crippen LogP contribution in [0, 0.1) is 0 Å². The molecule has 0 aromatic rings. The van der Waals surface area contributed by atoms with Gasteiger partial charge in [-0.3, -0.25) is 0 Å². The lowest BCUT2D eigenvalue weighted by Gasteiger charge is -2.30. The zero-order chi connectivity index (χ0) is 13.6. The summed E-state index contributed by atoms with van der Waals surface area (Å²) in [4.78, 5) is 25.0. The van der Waals surface area contributed by atoms with Crippen LogP contribution in [0.2, 0.25) is 0 Å². The first-order valence-corrected chi connectivity index (χ1v) is 6.51. The Labute approximate surface area is 108 Å². The molecule has 1 rings (SSSR count). The molecule has 6 heteroatoms. The Hall–Kier alpha value is -1.30. The van der Waals surface area contributed by atoms with Crippen molar-refractivity contribution in [3.8, 4) is 0 Å². The zero-order valence-electron chi connectivity index (χ0n) is 11.2. The Balaban J connectivity index is 2.62. The number of hydrogen-bond acceptors (Lipinski definition) is 3. The number of carboxylic acids is 1. The monoisotopic (exact) mass is 257 g/mol. The van der Waals surface area contributed by atoms with Crippen molar-refractivity contribution in [3.63, 3.8) is 0 Å². The molecule has 1 unspecified atom stereocenters. The molecule has 2 amide bonds. The topological polar surface area (TPSA) is 81.7 Å². The predicted octanol–water partition coefficient (Wildman–Crippen LogP) is 0.635. The van der Waals surface area contributed by atoms with Gasteiger partial charge in [0.1, 0.15) is 5.54 Å². The van der Waals surface area contributed by atoms with Crippen molar-refractivity contribution in [3.05, 3.63) is 0 Å². The minimum atomic E-state index is -1.18. The predicted molar refractivity (Wildman–Crippen MR) is 68.5 cm³/mol. The fourth-order valence-electron chi connectivity index (χ4n) is 2.09. The van der Waals surface area contributed by atoms with Crippen molar-refractivity contribution in [2.45, 2.75) is 38.6 Å². The van der Waals surface area contributed by atoms with Crippen LogP contribution in [0.3, 0.4) is 0 Å². The number of nitrogens with zero attached hydrogens (tertiary/aromatic N) is 1. The molecule has 6 nitrogen and oxygen atoms in total. The van der Waals surface area contributed by atoms with E-state index in [0.29, 0.717) is 25.9 Å². The summed E-state index contributed by atoms with van der Waals surface area (Å²) in [6, 6.07) is -0.281. The van der Waals surface area contributed by atoms with Crippen molar-refractivity contribution < 1.29 is 14.7 Å². The molecule has 1 saturated heterocycles. The second-order valence-corrected chi connectivity index (χ2v) is 4.91. The first kappa shape index (κ1) is 14.8. The van der Waals surface area contributed by atoms with Gasteiger partial charge in [0.05, 0.1) is 0 Å². The molecule has 1 fully saturated rings. The summed E-state index contributed by atoms with van der Waals surface area (Å²) in [6.07, 6.45) is 2.04. The third-order valence-corrected chi connectivity index (χ3v) is 3.23. The second-order valence-electron chi connectivity index (χ2n) is 4.91. The number of rotatable bonds is 4. The summed E-state index contributed by atoms with van der Waals surface area (Å²) in [6.45, 7) is 6.41. The minimum absolute atomic E-state index is 0.281. The molecule has 1 aliphatic heterocycles. The lowest BCUT2D eigenvalue weighted by atomic mass is 9.96. The highest BCUT2D eigenvalue weighted by atomic mass is 16.4. The van der Waals surface area contributed by atoms with Crippen molar-refractivity contribution in [1.82, 2.24) is 15.5 Å². The molecule has 1 aliphatic rings. The fourth-order valence-corrected chi connectivity index (χ4v) is 2.09. The van der Waals surface area contributed by atoms with Gasteiger partial charge in [0.15, 0.2) is 0 Å². The highest BCUT2D eigenvalue weighted by molar-refractivity contribution is 5.85. The Bertz CT molecular complexity index is 301. The fraction of sp³-hybridized carbons (Fsp3) is 0.833. The number of amides is 2. The molecular weight excluding hydrogens is 234 g/mol. The maximum atomic E-state index is 12.1. The van der Waals surface area contributed by atoms with Crippen LogP contribution in [-0.4, -0.2) is 53.7 Å². The Morgan fingerprint density at radius 3 is 2.72 bits per heavy atom. The van der Waals surface area contributed by atoms with Gasteiger partial charge >= 0.3 is 12.0 Å². The van der Waals surface area contributed by atoms with Crippen molar-refractivity contribution in [1.29, 1.82) is 0 Å². The molecule has 1 heterocycles. The molecule has 0 spiro atoms. The molecular formula is C12H23N3O3. The first-order chi connectivity index (χ1) is 8.49. The number of carbonyl (C=O) groups excluding carboxylic acids is 1. The summed E-state index contributed by atoms with van der Waals surface area (Å²) >= 11 is 0. The van der Waals surface area contributed by atoms with E-state index in [0.717, 1.165) is 19.5 Å². The number of aliphatic carboxylic acids is 1. The van der Waals surface area contributed by atoms with Gasteiger partial charge in [-0.15, -0.1) is 0 Å². The van der Waals surface area contributed by atoms with Gasteiger partial charge in [-0.05, 0) is 26.3 Å². The molecule has 0 aromatic carbocycles. The normalized spacial score (nSPS) is 19.8. The first-order valence-electron chi connectivity index (χ1n) is 6.51. The maximum absolute atomic E-state index is 12.1. The van der Waals surface area contributed by atoms with Crippen LogP contribution in [-0.2, 0) is 4.79 Å². The summed E-state index contributed by atoms with van der Waals surface area (Å²) in [5.41, 5.74) is -1.18. The number of hydrogen-bond donors (Lipinski definition) is 3. The third kappa shape index (κ3) is 3.87. The number of carboxylic acid groups (broad SMARTS) is 1. The molecule has 18 heavy (non-hydrogen) atoms. The van der Waals surface area contributed by atoms with Gasteiger partial charge in [-0.2, -0.15) is 0 Å². The van der Waals surface area contributed by atoms with E-state index in [9.17, 15) is 14.7 Å². The van der Waals surface area contributed by atoms with Gasteiger partial charge in [0, 0.05) is 19.6 Å². The van der Waals surface area contributed by atoms with Crippen LogP contribution < -0.4 is 10.6 Å². The minimum Gasteiger partial charge on any atom is -0.480 e. The number of urea groups is 1. The zero-order valence-corrected chi connectivity index (χ0v) is 11.2. The molecule has 0 bridgehead atoms. The molecule has 3 N–H and O–H groups in total. The SMILES string of the molecule is CCCC(C)(NC(=O)N1CCCNCC1)C(=O)O. The van der Waals surface area contributed by atoms with Crippen molar-refractivity contribution >= 4 is 12.0 Å². The Kier molecular flexibility index (Phi) is 5.40. The van der Waals surface area contributed by atoms with Crippen LogP contribution in [0.25, 0.3) is 0 Å². The lowest BCUT2D eigenvalue weighted by molar-refractivity contribution is -0.144. The molecule has 104 valence electrons. The van der Waals surface area contributed by atoms with Gasteiger partial charge in [-0.25, -0.2) is 9.59 Å². The molecule has 0 radical (unpaired) electrons. The lowest BCUT2D eigenvalue weighted by Crippen LogP contribution is -2.56. The number of carbonyl (C=O) groups is 2. The molecule has 0 aromatic heterocycles. The second kappa shape index (κ2) is 6.58. The van der Waals surface area contributed by atoms with Gasteiger partial charge < -0.3 is 20.6 Å². The molecule has 0 aliphatic carbocycles. The van der Waals surface area contributed by atoms with E-state index in [1.54, 1.807) is 11.8 Å². The molecule has 1 atom stereocenters. The summed E-state index contributed by atoms with van der Waals surface area (Å²) in [5, 5.41) is 15.1. The van der Waals surface area contributed by atoms with Crippen LogP contribution in [0.15, 0.2) is 0 Å². The van der Waals surface area contributed by atoms with E-state index < -0.39 is 11.5 Å². The van der Waals surface area contributed by atoms with Crippen molar-refractivity contribution in [2.75, 3.05) is 26.2 Å². The van der Waals surface area contributed by atoms with Gasteiger partial charge in [0.2, 0.25) is 0 Å². The van der Waals surface area contributed by atoms with E-state index in [-0.39, 0.29) is 6.03 Å². The smallest absolute Gasteiger partial charge is 0.329 e. The van der Waals surface area contributed by atoms with E-state index in [4.69, 9.17) is 0 Å². The van der Waals surface area contributed by atoms with E-state index in [1.807, 2.05) is 6.92 Å². The highest BCUT2D eigenvalue weighted by Crippen LogP contribution is 2.13. The van der Waals surface area contributed by atoms with E-state index >= 15 is 0 Å². The summed E-state index contributed by atoms with van der Waals surface area (Å²) < 4.78 is 0. The van der Waals surface area contributed by atoms with Gasteiger partial charge in [-0.1, -0.05) is 13.3 Å². The third-order valence-electron chi connectivity index (χ3n) is 3.23. The van der Waals surface area contributed by atoms with Gasteiger partial charge in [0.25, 0.3) is 0 Å². The average Bonchev–Trinajstić information content (AvgIpc) is 2.57. The van der Waals surface area contributed by atoms with Crippen LogP contribution >= 0.6 is 0 Å². The largest absolute Gasteiger partial charge is 0.480 e. The summed E-state index contributed by atoms with van der Waals surface area (Å²) in [5.74, 6) is -0.981. The van der Waals surface area contributed by atoms with Crippen LogP contribution in [0.5, 0.6) is 0 Å². The Morgan fingerprint density at radius 2 is 2.11 bits per heavy atom. The molecule has 0 saturated carbocycles. The highest BCUT2D eigenvalue weighted by Gasteiger charge is 2.35. The van der Waals surface area contributed by atoms with Crippen LogP contribution in [0.1, 0.15) is 33.1 Å². The average molecular weight is 257 g/mol. The van der Waals surface area contributed by atoms with Crippen molar-refractivity contribution in [2.24, 2.45) is 0 Å². The Morgan fingerprint density at radius 1 is 1.39 bits per heavy atom. The van der Waals surface area contributed by atoms with E-state index in [1.165, 1.54) is 0 Å². The van der Waals surface area contributed by atoms with E-state index in [2.05, 4.69) is 10.6 Å². The number of nitrogens with one attached hydrogen (secondary N) is 2. The standard InChI is InChI=1S/C12H23N3O3/c1-3-5-12(2,10(16)17)14-11(18)15-8-4-6-13-7-9-15/h13H,3-9H2,1-2H3,(H,14,18)(H,16,17).